The van der Waals surface area contributed by atoms with Crippen LogP contribution in [0.1, 0.15) is 4.88 Å². The van der Waals surface area contributed by atoms with E-state index < -0.39 is 0 Å². The van der Waals surface area contributed by atoms with Gasteiger partial charge in [0.25, 0.3) is 0 Å². The van der Waals surface area contributed by atoms with Gasteiger partial charge in [0.2, 0.25) is 0 Å². The Morgan fingerprint density at radius 3 is 2.80 bits per heavy atom. The maximum Gasteiger partial charge on any atom is 0.141 e. The van der Waals surface area contributed by atoms with Gasteiger partial charge in [0, 0.05) is 23.0 Å². The summed E-state index contributed by atoms with van der Waals surface area (Å²) in [6.45, 7) is 1.04. The van der Waals surface area contributed by atoms with Gasteiger partial charge in [0.15, 0.2) is 0 Å². The highest BCUT2D eigenvalue weighted by Gasteiger charge is 2.16. The molecular formula is C11H9BrN2S. The van der Waals surface area contributed by atoms with Crippen molar-refractivity contribution in [3.8, 4) is 10.6 Å². The molecule has 4 heteroatoms. The van der Waals surface area contributed by atoms with Crippen molar-refractivity contribution in [2.24, 2.45) is 0 Å². The number of nitrogens with one attached hydrogen (secondary N) is 1. The standard InChI is InChI=1S/C11H9BrN2S/c12-8-3-1-7(2-4-8)11-14-10-9(15-11)5-6-13-10/h1-4,13H,5-6H2. The van der Waals surface area contributed by atoms with Crippen LogP contribution in [0.4, 0.5) is 5.82 Å². The number of rotatable bonds is 1. The fourth-order valence-corrected chi connectivity index (χ4v) is 2.98. The van der Waals surface area contributed by atoms with Gasteiger partial charge in [0.05, 0.1) is 4.88 Å². The first-order valence-electron chi connectivity index (χ1n) is 4.82. The summed E-state index contributed by atoms with van der Waals surface area (Å²) in [5, 5.41) is 4.40. The van der Waals surface area contributed by atoms with Crippen molar-refractivity contribution in [2.45, 2.75) is 6.42 Å². The number of anilines is 1. The summed E-state index contributed by atoms with van der Waals surface area (Å²) in [6.07, 6.45) is 1.11. The van der Waals surface area contributed by atoms with Gasteiger partial charge in [-0.15, -0.1) is 11.3 Å². The normalized spacial score (nSPS) is 13.7. The van der Waals surface area contributed by atoms with Crippen LogP contribution >= 0.6 is 27.3 Å². The Hall–Kier alpha value is -0.870. The molecule has 76 valence electrons. The van der Waals surface area contributed by atoms with Crippen molar-refractivity contribution in [1.29, 1.82) is 0 Å². The second kappa shape index (κ2) is 3.61. The van der Waals surface area contributed by atoms with Gasteiger partial charge < -0.3 is 5.32 Å². The van der Waals surface area contributed by atoms with E-state index in [1.54, 1.807) is 11.3 Å². The highest BCUT2D eigenvalue weighted by atomic mass is 79.9. The fourth-order valence-electron chi connectivity index (χ4n) is 1.67. The van der Waals surface area contributed by atoms with Gasteiger partial charge in [-0.2, -0.15) is 0 Å². The van der Waals surface area contributed by atoms with Crippen LogP contribution < -0.4 is 5.32 Å². The Balaban J connectivity index is 2.02. The summed E-state index contributed by atoms with van der Waals surface area (Å²) in [5.74, 6) is 1.08. The largest absolute Gasteiger partial charge is 0.369 e. The summed E-state index contributed by atoms with van der Waals surface area (Å²) in [6, 6.07) is 8.29. The third-order valence-electron chi connectivity index (χ3n) is 2.43. The minimum Gasteiger partial charge on any atom is -0.369 e. The Kier molecular flexibility index (Phi) is 2.25. The number of hydrogen-bond acceptors (Lipinski definition) is 3. The van der Waals surface area contributed by atoms with Gasteiger partial charge in [-0.05, 0) is 12.1 Å². The first-order chi connectivity index (χ1) is 7.33. The molecule has 0 spiro atoms. The molecule has 0 bridgehead atoms. The molecule has 1 aromatic heterocycles. The number of halogens is 1. The van der Waals surface area contributed by atoms with Crippen molar-refractivity contribution in [2.75, 3.05) is 11.9 Å². The highest BCUT2D eigenvalue weighted by molar-refractivity contribution is 9.10. The number of thiazole rings is 1. The van der Waals surface area contributed by atoms with E-state index in [9.17, 15) is 0 Å². The lowest BCUT2D eigenvalue weighted by Crippen LogP contribution is -1.93. The summed E-state index contributed by atoms with van der Waals surface area (Å²) in [4.78, 5) is 5.97. The monoisotopic (exact) mass is 280 g/mol. The fraction of sp³-hybridized carbons (Fsp3) is 0.182. The lowest BCUT2D eigenvalue weighted by atomic mass is 10.2. The van der Waals surface area contributed by atoms with Gasteiger partial charge in [-0.3, -0.25) is 0 Å². The predicted octanol–water partition coefficient (Wildman–Crippen LogP) is 3.54. The van der Waals surface area contributed by atoms with Crippen molar-refractivity contribution in [1.82, 2.24) is 4.98 Å². The molecule has 0 atom stereocenters. The number of aromatic nitrogens is 1. The average Bonchev–Trinajstić information content (AvgIpc) is 2.78. The van der Waals surface area contributed by atoms with E-state index in [-0.39, 0.29) is 0 Å². The maximum atomic E-state index is 4.58. The molecule has 0 radical (unpaired) electrons. The third kappa shape index (κ3) is 1.68. The topological polar surface area (TPSA) is 24.9 Å². The van der Waals surface area contributed by atoms with Crippen LogP contribution in [0, 0.1) is 0 Å². The third-order valence-corrected chi connectivity index (χ3v) is 4.13. The van der Waals surface area contributed by atoms with E-state index in [0.717, 1.165) is 28.3 Å². The van der Waals surface area contributed by atoms with Gasteiger partial charge in [-0.25, -0.2) is 4.98 Å². The summed E-state index contributed by atoms with van der Waals surface area (Å²) >= 11 is 5.23. The van der Waals surface area contributed by atoms with Gasteiger partial charge >= 0.3 is 0 Å². The van der Waals surface area contributed by atoms with E-state index >= 15 is 0 Å². The molecule has 0 saturated heterocycles. The number of benzene rings is 1. The molecule has 0 amide bonds. The molecule has 3 rings (SSSR count). The van der Waals surface area contributed by atoms with E-state index in [1.165, 1.54) is 10.4 Å². The first-order valence-corrected chi connectivity index (χ1v) is 6.43. The second-order valence-electron chi connectivity index (χ2n) is 3.47. The van der Waals surface area contributed by atoms with E-state index in [0.29, 0.717) is 0 Å². The molecule has 15 heavy (non-hydrogen) atoms. The number of hydrogen-bond donors (Lipinski definition) is 1. The molecule has 1 aromatic carbocycles. The predicted molar refractivity (Wildman–Crippen MR) is 67.4 cm³/mol. The Morgan fingerprint density at radius 1 is 1.27 bits per heavy atom. The van der Waals surface area contributed by atoms with Crippen LogP contribution in [0.25, 0.3) is 10.6 Å². The average molecular weight is 281 g/mol. The van der Waals surface area contributed by atoms with Crippen molar-refractivity contribution >= 4 is 33.1 Å². The van der Waals surface area contributed by atoms with Gasteiger partial charge in [0.1, 0.15) is 10.8 Å². The van der Waals surface area contributed by atoms with Crippen LogP contribution in [-0.2, 0) is 6.42 Å². The zero-order chi connectivity index (χ0) is 10.3. The van der Waals surface area contributed by atoms with Crippen LogP contribution in [0.2, 0.25) is 0 Å². The zero-order valence-electron chi connectivity index (χ0n) is 7.96. The Bertz CT molecular complexity index is 468. The molecule has 2 aromatic rings. The minimum atomic E-state index is 1.04. The van der Waals surface area contributed by atoms with Crippen molar-refractivity contribution in [3.05, 3.63) is 33.6 Å². The molecule has 2 heterocycles. The quantitative estimate of drug-likeness (QED) is 0.864. The highest BCUT2D eigenvalue weighted by Crippen LogP contribution is 2.34. The smallest absolute Gasteiger partial charge is 0.141 e. The molecule has 0 aliphatic carbocycles. The maximum absolute atomic E-state index is 4.58. The first kappa shape index (κ1) is 9.36. The SMILES string of the molecule is Brc1ccc(-c2nc3c(s2)CCN3)cc1. The zero-order valence-corrected chi connectivity index (χ0v) is 10.4. The number of nitrogens with zero attached hydrogens (tertiary/aromatic N) is 1. The van der Waals surface area contributed by atoms with Crippen LogP contribution in [-0.4, -0.2) is 11.5 Å². The lowest BCUT2D eigenvalue weighted by molar-refractivity contribution is 1.12. The van der Waals surface area contributed by atoms with Crippen molar-refractivity contribution in [3.63, 3.8) is 0 Å². The van der Waals surface area contributed by atoms with E-state index in [4.69, 9.17) is 0 Å². The molecule has 0 saturated carbocycles. The van der Waals surface area contributed by atoms with Crippen LogP contribution in [0.15, 0.2) is 28.7 Å². The van der Waals surface area contributed by atoms with E-state index in [1.807, 2.05) is 0 Å². The number of fused-ring (bicyclic) bond motifs is 1. The molecule has 2 nitrogen and oxygen atoms in total. The Morgan fingerprint density at radius 2 is 2.07 bits per heavy atom. The second-order valence-corrected chi connectivity index (χ2v) is 5.47. The van der Waals surface area contributed by atoms with Crippen molar-refractivity contribution < 1.29 is 0 Å². The summed E-state index contributed by atoms with van der Waals surface area (Å²) in [7, 11) is 0. The molecule has 1 aliphatic rings. The van der Waals surface area contributed by atoms with E-state index in [2.05, 4.69) is 50.5 Å². The van der Waals surface area contributed by atoms with Gasteiger partial charge in [-0.1, -0.05) is 28.1 Å². The molecule has 0 unspecified atom stereocenters. The summed E-state index contributed by atoms with van der Waals surface area (Å²) < 4.78 is 1.11. The summed E-state index contributed by atoms with van der Waals surface area (Å²) in [5.41, 5.74) is 1.19. The molecule has 1 aliphatic heterocycles. The minimum absolute atomic E-state index is 1.04. The molecular weight excluding hydrogens is 272 g/mol. The molecule has 1 N–H and O–H groups in total. The van der Waals surface area contributed by atoms with Crippen LogP contribution in [0.3, 0.4) is 0 Å². The molecule has 0 fully saturated rings. The lowest BCUT2D eigenvalue weighted by Gasteiger charge is -1.96. The Labute approximate surface area is 100 Å². The van der Waals surface area contributed by atoms with Crippen LogP contribution in [0.5, 0.6) is 0 Å².